The first-order chi connectivity index (χ1) is 7.54. The summed E-state index contributed by atoms with van der Waals surface area (Å²) in [5, 5.41) is 3.79. The van der Waals surface area contributed by atoms with E-state index in [2.05, 4.69) is 10.1 Å². The van der Waals surface area contributed by atoms with Crippen LogP contribution < -0.4 is 5.32 Å². The van der Waals surface area contributed by atoms with E-state index in [1.165, 1.54) is 7.11 Å². The molecule has 1 unspecified atom stereocenters. The number of carbonyl (C=O) groups excluding carboxylic acids is 1. The number of aryl methyl sites for hydroxylation is 1. The number of hydrogen-bond donors (Lipinski definition) is 1. The highest BCUT2D eigenvalue weighted by Gasteiger charge is 2.12. The maximum absolute atomic E-state index is 11.2. The van der Waals surface area contributed by atoms with Crippen LogP contribution in [0.15, 0.2) is 18.2 Å². The number of esters is 1. The van der Waals surface area contributed by atoms with Crippen molar-refractivity contribution in [1.82, 2.24) is 0 Å². The Labute approximate surface area is 101 Å². The number of rotatable bonds is 4. The lowest BCUT2D eigenvalue weighted by Gasteiger charge is -2.13. The van der Waals surface area contributed by atoms with Crippen molar-refractivity contribution in [2.75, 3.05) is 19.0 Å². The van der Waals surface area contributed by atoms with E-state index in [0.717, 1.165) is 11.3 Å². The zero-order valence-corrected chi connectivity index (χ0v) is 10.5. The maximum atomic E-state index is 11.2. The molecule has 1 rings (SSSR count). The van der Waals surface area contributed by atoms with Gasteiger partial charge < -0.3 is 10.1 Å². The lowest BCUT2D eigenvalue weighted by atomic mass is 10.1. The van der Waals surface area contributed by atoms with Crippen molar-refractivity contribution >= 4 is 23.3 Å². The predicted molar refractivity (Wildman–Crippen MR) is 65.9 cm³/mol. The van der Waals surface area contributed by atoms with E-state index >= 15 is 0 Å². The summed E-state index contributed by atoms with van der Waals surface area (Å²) >= 11 is 6.01. The number of halogens is 1. The van der Waals surface area contributed by atoms with Gasteiger partial charge in [0.15, 0.2) is 0 Å². The largest absolute Gasteiger partial charge is 0.469 e. The first-order valence-corrected chi connectivity index (χ1v) is 5.50. The summed E-state index contributed by atoms with van der Waals surface area (Å²) in [7, 11) is 1.39. The normalized spacial score (nSPS) is 12.0. The molecule has 4 heteroatoms. The molecule has 0 radical (unpaired) electrons. The minimum atomic E-state index is -0.226. The van der Waals surface area contributed by atoms with Crippen molar-refractivity contribution in [2.45, 2.75) is 13.8 Å². The summed E-state index contributed by atoms with van der Waals surface area (Å²) in [5.41, 5.74) is 1.97. The summed E-state index contributed by atoms with van der Waals surface area (Å²) in [6, 6.07) is 5.73. The molecule has 0 aromatic heterocycles. The van der Waals surface area contributed by atoms with E-state index in [4.69, 9.17) is 11.6 Å². The molecule has 16 heavy (non-hydrogen) atoms. The molecule has 0 heterocycles. The molecule has 88 valence electrons. The van der Waals surface area contributed by atoms with E-state index in [-0.39, 0.29) is 11.9 Å². The Kier molecular flexibility index (Phi) is 4.62. The molecule has 0 aliphatic carbocycles. The van der Waals surface area contributed by atoms with Gasteiger partial charge in [0, 0.05) is 6.54 Å². The number of carbonyl (C=O) groups is 1. The molecule has 0 fully saturated rings. The molecule has 0 saturated heterocycles. The molecule has 0 aliphatic heterocycles. The second-order valence-electron chi connectivity index (χ2n) is 3.79. The first kappa shape index (κ1) is 12.8. The minimum absolute atomic E-state index is 0.193. The van der Waals surface area contributed by atoms with Gasteiger partial charge in [-0.2, -0.15) is 0 Å². The van der Waals surface area contributed by atoms with Crippen molar-refractivity contribution in [3.05, 3.63) is 28.8 Å². The Morgan fingerprint density at radius 3 is 2.88 bits per heavy atom. The van der Waals surface area contributed by atoms with E-state index in [0.29, 0.717) is 11.6 Å². The standard InChI is InChI=1S/C12H16ClNO2/c1-8-4-5-10(13)11(6-8)14-7-9(2)12(15)16-3/h4-6,9,14H,7H2,1-3H3. The zero-order chi connectivity index (χ0) is 12.1. The number of anilines is 1. The van der Waals surface area contributed by atoms with Crippen LogP contribution in [0.2, 0.25) is 5.02 Å². The Bertz CT molecular complexity index is 379. The van der Waals surface area contributed by atoms with Crippen LogP contribution in [0, 0.1) is 12.8 Å². The van der Waals surface area contributed by atoms with Crippen LogP contribution in [-0.2, 0) is 9.53 Å². The third kappa shape index (κ3) is 3.42. The number of ether oxygens (including phenoxy) is 1. The topological polar surface area (TPSA) is 38.3 Å². The summed E-state index contributed by atoms with van der Waals surface area (Å²) in [5.74, 6) is -0.419. The SMILES string of the molecule is COC(=O)C(C)CNc1cc(C)ccc1Cl. The van der Waals surface area contributed by atoms with Gasteiger partial charge >= 0.3 is 5.97 Å². The van der Waals surface area contributed by atoms with Crippen molar-refractivity contribution < 1.29 is 9.53 Å². The Balaban J connectivity index is 2.60. The van der Waals surface area contributed by atoms with Crippen LogP contribution in [0.5, 0.6) is 0 Å². The van der Waals surface area contributed by atoms with Gasteiger partial charge in [-0.1, -0.05) is 24.6 Å². The smallest absolute Gasteiger partial charge is 0.310 e. The van der Waals surface area contributed by atoms with Gasteiger partial charge in [-0.3, -0.25) is 4.79 Å². The number of nitrogens with one attached hydrogen (secondary N) is 1. The Hall–Kier alpha value is -1.22. The minimum Gasteiger partial charge on any atom is -0.469 e. The molecule has 0 bridgehead atoms. The van der Waals surface area contributed by atoms with Gasteiger partial charge in [0.25, 0.3) is 0 Å². The fourth-order valence-corrected chi connectivity index (χ4v) is 1.51. The van der Waals surface area contributed by atoms with Crippen molar-refractivity contribution in [3.8, 4) is 0 Å². The van der Waals surface area contributed by atoms with Gasteiger partial charge in [0.1, 0.15) is 0 Å². The average Bonchev–Trinajstić information content (AvgIpc) is 2.28. The highest BCUT2D eigenvalue weighted by Crippen LogP contribution is 2.22. The molecular weight excluding hydrogens is 226 g/mol. The zero-order valence-electron chi connectivity index (χ0n) is 9.71. The van der Waals surface area contributed by atoms with E-state index < -0.39 is 0 Å². The second kappa shape index (κ2) is 5.75. The van der Waals surface area contributed by atoms with Crippen LogP contribution in [0.3, 0.4) is 0 Å². The first-order valence-electron chi connectivity index (χ1n) is 5.12. The summed E-state index contributed by atoms with van der Waals surface area (Å²) in [4.78, 5) is 11.2. The summed E-state index contributed by atoms with van der Waals surface area (Å²) in [6.45, 7) is 4.31. The van der Waals surface area contributed by atoms with Gasteiger partial charge in [-0.25, -0.2) is 0 Å². The quantitative estimate of drug-likeness (QED) is 0.824. The highest BCUT2D eigenvalue weighted by atomic mass is 35.5. The summed E-state index contributed by atoms with van der Waals surface area (Å²) in [6.07, 6.45) is 0. The average molecular weight is 242 g/mol. The molecular formula is C12H16ClNO2. The third-order valence-electron chi connectivity index (χ3n) is 2.32. The van der Waals surface area contributed by atoms with Gasteiger partial charge in [-0.05, 0) is 24.6 Å². The molecule has 0 spiro atoms. The fraction of sp³-hybridized carbons (Fsp3) is 0.417. The molecule has 1 atom stereocenters. The lowest BCUT2D eigenvalue weighted by molar-refractivity contribution is -0.144. The highest BCUT2D eigenvalue weighted by molar-refractivity contribution is 6.33. The van der Waals surface area contributed by atoms with Crippen molar-refractivity contribution in [3.63, 3.8) is 0 Å². The maximum Gasteiger partial charge on any atom is 0.310 e. The predicted octanol–water partition coefficient (Wildman–Crippen LogP) is 2.87. The van der Waals surface area contributed by atoms with Gasteiger partial charge in [0.2, 0.25) is 0 Å². The van der Waals surface area contributed by atoms with Crippen LogP contribution in [0.1, 0.15) is 12.5 Å². The molecule has 3 nitrogen and oxygen atoms in total. The summed E-state index contributed by atoms with van der Waals surface area (Å²) < 4.78 is 4.64. The fourth-order valence-electron chi connectivity index (χ4n) is 1.32. The Morgan fingerprint density at radius 2 is 2.25 bits per heavy atom. The van der Waals surface area contributed by atoms with Crippen molar-refractivity contribution in [1.29, 1.82) is 0 Å². The Morgan fingerprint density at radius 1 is 1.56 bits per heavy atom. The molecule has 0 saturated carbocycles. The van der Waals surface area contributed by atoms with E-state index in [9.17, 15) is 4.79 Å². The number of benzene rings is 1. The number of hydrogen-bond acceptors (Lipinski definition) is 3. The molecule has 1 aromatic carbocycles. The second-order valence-corrected chi connectivity index (χ2v) is 4.20. The van der Waals surface area contributed by atoms with Crippen LogP contribution >= 0.6 is 11.6 Å². The van der Waals surface area contributed by atoms with Gasteiger partial charge in [-0.15, -0.1) is 0 Å². The monoisotopic (exact) mass is 241 g/mol. The van der Waals surface area contributed by atoms with Crippen molar-refractivity contribution in [2.24, 2.45) is 5.92 Å². The lowest BCUT2D eigenvalue weighted by Crippen LogP contribution is -2.21. The van der Waals surface area contributed by atoms with E-state index in [1.807, 2.05) is 32.0 Å². The molecule has 0 amide bonds. The third-order valence-corrected chi connectivity index (χ3v) is 2.65. The van der Waals surface area contributed by atoms with E-state index in [1.54, 1.807) is 0 Å². The van der Waals surface area contributed by atoms with Crippen LogP contribution in [0.4, 0.5) is 5.69 Å². The van der Waals surface area contributed by atoms with Crippen LogP contribution in [0.25, 0.3) is 0 Å². The molecule has 1 N–H and O–H groups in total. The number of methoxy groups -OCH3 is 1. The van der Waals surface area contributed by atoms with Crippen LogP contribution in [-0.4, -0.2) is 19.6 Å². The van der Waals surface area contributed by atoms with Gasteiger partial charge in [0.05, 0.1) is 23.7 Å². The molecule has 1 aromatic rings. The molecule has 0 aliphatic rings.